The van der Waals surface area contributed by atoms with Crippen molar-refractivity contribution in [3.8, 4) is 22.9 Å². The molecule has 0 aliphatic heterocycles. The molecular weight excluding hydrogens is 350 g/mol. The third-order valence-electron chi connectivity index (χ3n) is 3.17. The lowest BCUT2D eigenvalue weighted by molar-refractivity contribution is -0.165. The van der Waals surface area contributed by atoms with Gasteiger partial charge in [0.2, 0.25) is 0 Å². The fourth-order valence-electron chi connectivity index (χ4n) is 2.13. The van der Waals surface area contributed by atoms with E-state index in [1.165, 1.54) is 24.4 Å². The SMILES string of the molecule is FC(F)(F)c1nc(-c2cccc(-c3ccccn3)n2)[nH]c1C(F)(F)F. The second kappa shape index (κ2) is 5.87. The summed E-state index contributed by atoms with van der Waals surface area (Å²) in [6, 6.07) is 9.17. The van der Waals surface area contributed by atoms with E-state index in [2.05, 4.69) is 15.0 Å². The summed E-state index contributed by atoms with van der Waals surface area (Å²) in [5.74, 6) is -0.627. The van der Waals surface area contributed by atoms with Crippen LogP contribution in [-0.2, 0) is 12.4 Å². The Hall–Kier alpha value is -2.91. The Morgan fingerprint density at radius 3 is 1.96 bits per heavy atom. The van der Waals surface area contributed by atoms with Crippen LogP contribution in [0.2, 0.25) is 0 Å². The van der Waals surface area contributed by atoms with Gasteiger partial charge in [-0.05, 0) is 24.3 Å². The largest absolute Gasteiger partial charge is 0.435 e. The van der Waals surface area contributed by atoms with Crippen molar-refractivity contribution in [2.75, 3.05) is 0 Å². The number of hydrogen-bond acceptors (Lipinski definition) is 3. The highest BCUT2D eigenvalue weighted by molar-refractivity contribution is 5.60. The molecule has 0 bridgehead atoms. The molecule has 3 rings (SSSR count). The zero-order chi connectivity index (χ0) is 18.2. The van der Waals surface area contributed by atoms with E-state index in [0.29, 0.717) is 5.69 Å². The molecule has 0 spiro atoms. The average molecular weight is 358 g/mol. The summed E-state index contributed by atoms with van der Waals surface area (Å²) in [6.07, 6.45) is -8.99. The number of halogens is 6. The van der Waals surface area contributed by atoms with E-state index < -0.39 is 29.6 Å². The molecule has 0 saturated heterocycles. The Bertz CT molecular complexity index is 852. The number of alkyl halides is 6. The first-order valence-corrected chi connectivity index (χ1v) is 6.79. The molecule has 0 radical (unpaired) electrons. The number of H-pyrrole nitrogens is 1. The number of rotatable bonds is 2. The van der Waals surface area contributed by atoms with Crippen molar-refractivity contribution in [3.05, 3.63) is 54.0 Å². The van der Waals surface area contributed by atoms with Gasteiger partial charge in [-0.3, -0.25) is 4.98 Å². The number of pyridine rings is 2. The van der Waals surface area contributed by atoms with Crippen LogP contribution in [0, 0.1) is 0 Å². The van der Waals surface area contributed by atoms with Crippen molar-refractivity contribution in [2.45, 2.75) is 12.4 Å². The minimum Gasteiger partial charge on any atom is -0.333 e. The molecule has 10 heteroatoms. The Balaban J connectivity index is 2.10. The Kier molecular flexibility index (Phi) is 3.97. The Labute approximate surface area is 136 Å². The maximum absolute atomic E-state index is 12.9. The third kappa shape index (κ3) is 3.47. The summed E-state index contributed by atoms with van der Waals surface area (Å²) in [5.41, 5.74) is -3.44. The first kappa shape index (κ1) is 16.9. The molecular formula is C15H8F6N4. The van der Waals surface area contributed by atoms with E-state index in [1.807, 2.05) is 0 Å². The number of aromatic amines is 1. The van der Waals surface area contributed by atoms with Crippen LogP contribution in [-0.4, -0.2) is 19.9 Å². The summed E-state index contributed by atoms with van der Waals surface area (Å²) in [5, 5.41) is 0. The molecule has 0 aromatic carbocycles. The lowest BCUT2D eigenvalue weighted by Crippen LogP contribution is -2.16. The number of imidazole rings is 1. The summed E-state index contributed by atoms with van der Waals surface area (Å²) >= 11 is 0. The van der Waals surface area contributed by atoms with E-state index >= 15 is 0 Å². The molecule has 0 aliphatic carbocycles. The highest BCUT2D eigenvalue weighted by atomic mass is 19.4. The molecule has 1 N–H and O–H groups in total. The average Bonchev–Trinajstić information content (AvgIpc) is 3.02. The molecule has 3 aromatic rings. The van der Waals surface area contributed by atoms with Crippen LogP contribution in [0.5, 0.6) is 0 Å². The summed E-state index contributed by atoms with van der Waals surface area (Å²) < 4.78 is 77.1. The first-order chi connectivity index (χ1) is 11.7. The van der Waals surface area contributed by atoms with Crippen molar-refractivity contribution in [2.24, 2.45) is 0 Å². The van der Waals surface area contributed by atoms with Gasteiger partial charge in [-0.2, -0.15) is 26.3 Å². The van der Waals surface area contributed by atoms with Crippen molar-refractivity contribution in [3.63, 3.8) is 0 Å². The van der Waals surface area contributed by atoms with Crippen LogP contribution in [0.25, 0.3) is 22.9 Å². The zero-order valence-electron chi connectivity index (χ0n) is 12.2. The van der Waals surface area contributed by atoms with Crippen LogP contribution < -0.4 is 0 Å². The monoisotopic (exact) mass is 358 g/mol. The van der Waals surface area contributed by atoms with E-state index in [1.54, 1.807) is 23.2 Å². The minimum atomic E-state index is -5.25. The molecule has 3 aromatic heterocycles. The zero-order valence-corrected chi connectivity index (χ0v) is 12.2. The highest BCUT2D eigenvalue weighted by Crippen LogP contribution is 2.40. The number of nitrogens with zero attached hydrogens (tertiary/aromatic N) is 3. The van der Waals surface area contributed by atoms with Crippen LogP contribution in [0.3, 0.4) is 0 Å². The van der Waals surface area contributed by atoms with E-state index in [4.69, 9.17) is 0 Å². The maximum Gasteiger partial charge on any atom is 0.435 e. The van der Waals surface area contributed by atoms with Crippen molar-refractivity contribution < 1.29 is 26.3 Å². The van der Waals surface area contributed by atoms with Gasteiger partial charge >= 0.3 is 12.4 Å². The highest BCUT2D eigenvalue weighted by Gasteiger charge is 2.47. The van der Waals surface area contributed by atoms with Crippen molar-refractivity contribution >= 4 is 0 Å². The van der Waals surface area contributed by atoms with E-state index in [9.17, 15) is 26.3 Å². The first-order valence-electron chi connectivity index (χ1n) is 6.79. The molecule has 4 nitrogen and oxygen atoms in total. The normalized spacial score (nSPS) is 12.4. The van der Waals surface area contributed by atoms with Gasteiger partial charge in [0, 0.05) is 6.20 Å². The second-order valence-electron chi connectivity index (χ2n) is 4.93. The standard InChI is InChI=1S/C15H8F6N4/c16-14(17,18)11-12(15(19,20)21)25-13(24-11)10-6-3-5-9(23-10)8-4-1-2-7-22-8/h1-7H,(H,24,25). The Morgan fingerprint density at radius 2 is 1.40 bits per heavy atom. The third-order valence-corrected chi connectivity index (χ3v) is 3.17. The molecule has 3 heterocycles. The predicted molar refractivity (Wildman–Crippen MR) is 75.1 cm³/mol. The minimum absolute atomic E-state index is 0.163. The van der Waals surface area contributed by atoms with Crippen LogP contribution in [0.15, 0.2) is 42.6 Å². The van der Waals surface area contributed by atoms with Gasteiger partial charge in [0.05, 0.1) is 11.4 Å². The summed E-state index contributed by atoms with van der Waals surface area (Å²) in [4.78, 5) is 12.8. The van der Waals surface area contributed by atoms with Crippen LogP contribution in [0.1, 0.15) is 11.4 Å². The van der Waals surface area contributed by atoms with E-state index in [0.717, 1.165) is 0 Å². The second-order valence-corrected chi connectivity index (χ2v) is 4.93. The lowest BCUT2D eigenvalue weighted by Gasteiger charge is -2.08. The topological polar surface area (TPSA) is 54.5 Å². The van der Waals surface area contributed by atoms with Crippen molar-refractivity contribution in [1.82, 2.24) is 19.9 Å². The fourth-order valence-corrected chi connectivity index (χ4v) is 2.13. The Morgan fingerprint density at radius 1 is 0.720 bits per heavy atom. The van der Waals surface area contributed by atoms with Gasteiger partial charge in [-0.1, -0.05) is 12.1 Å². The van der Waals surface area contributed by atoms with Crippen LogP contribution in [0.4, 0.5) is 26.3 Å². The van der Waals surface area contributed by atoms with Gasteiger partial charge in [-0.15, -0.1) is 0 Å². The maximum atomic E-state index is 12.9. The van der Waals surface area contributed by atoms with Gasteiger partial charge in [0.25, 0.3) is 0 Å². The molecule has 0 unspecified atom stereocenters. The van der Waals surface area contributed by atoms with Gasteiger partial charge < -0.3 is 4.98 Å². The molecule has 0 saturated carbocycles. The smallest absolute Gasteiger partial charge is 0.333 e. The number of nitrogens with one attached hydrogen (secondary N) is 1. The summed E-state index contributed by atoms with van der Waals surface area (Å²) in [7, 11) is 0. The fraction of sp³-hybridized carbons (Fsp3) is 0.133. The number of hydrogen-bond donors (Lipinski definition) is 1. The van der Waals surface area contributed by atoms with Gasteiger partial charge in [-0.25, -0.2) is 9.97 Å². The molecule has 130 valence electrons. The van der Waals surface area contributed by atoms with Gasteiger partial charge in [0.1, 0.15) is 5.69 Å². The molecule has 25 heavy (non-hydrogen) atoms. The summed E-state index contributed by atoms with van der Waals surface area (Å²) in [6.45, 7) is 0. The molecule has 0 amide bonds. The molecule has 0 aliphatic rings. The van der Waals surface area contributed by atoms with Crippen LogP contribution >= 0.6 is 0 Å². The number of aromatic nitrogens is 4. The van der Waals surface area contributed by atoms with Gasteiger partial charge in [0.15, 0.2) is 17.2 Å². The predicted octanol–water partition coefficient (Wildman–Crippen LogP) is 4.57. The molecule has 0 atom stereocenters. The lowest BCUT2D eigenvalue weighted by atomic mass is 10.2. The molecule has 0 fully saturated rings. The van der Waals surface area contributed by atoms with E-state index in [-0.39, 0.29) is 11.4 Å². The van der Waals surface area contributed by atoms with Crippen molar-refractivity contribution in [1.29, 1.82) is 0 Å². The quantitative estimate of drug-likeness (QED) is 0.683.